The average Bonchev–Trinajstić information content (AvgIpc) is 3.51. The molecule has 38 heavy (non-hydrogen) atoms. The number of ether oxygens (including phenoxy) is 1. The molecular formula is C23H34F6N4O5. The summed E-state index contributed by atoms with van der Waals surface area (Å²) < 4.78 is 71.0. The molecule has 15 heteroatoms. The predicted molar refractivity (Wildman–Crippen MR) is 122 cm³/mol. The van der Waals surface area contributed by atoms with Gasteiger partial charge in [-0.3, -0.25) is 14.5 Å². The van der Waals surface area contributed by atoms with E-state index >= 15 is 0 Å². The van der Waals surface area contributed by atoms with E-state index in [1.807, 2.05) is 11.8 Å². The number of likely N-dealkylation sites (tertiary alicyclic amines) is 2. The van der Waals surface area contributed by atoms with Gasteiger partial charge in [-0.2, -0.15) is 31.4 Å². The SMILES string of the molecule is COCC1CCN(CC2CC2)C2(C1)CN(Cc1cc(C)nn1C)C2.O=C(O)C(F)(F)F.O=C(O)C(F)(F)F. The van der Waals surface area contributed by atoms with E-state index in [0.29, 0.717) is 5.54 Å². The monoisotopic (exact) mass is 560 g/mol. The molecule has 1 unspecified atom stereocenters. The predicted octanol–water partition coefficient (Wildman–Crippen LogP) is 3.32. The molecule has 1 spiro atoms. The number of hydrogen-bond donors (Lipinski definition) is 2. The van der Waals surface area contributed by atoms with E-state index in [0.717, 1.165) is 30.7 Å². The highest BCUT2D eigenvalue weighted by Crippen LogP contribution is 2.42. The van der Waals surface area contributed by atoms with Crippen molar-refractivity contribution in [3.05, 3.63) is 17.5 Å². The summed E-state index contributed by atoms with van der Waals surface area (Å²) >= 11 is 0. The smallest absolute Gasteiger partial charge is 0.475 e. The summed E-state index contributed by atoms with van der Waals surface area (Å²) in [4.78, 5) is 23.2. The lowest BCUT2D eigenvalue weighted by Crippen LogP contribution is -2.72. The molecule has 3 aliphatic rings. The lowest BCUT2D eigenvalue weighted by atomic mass is 9.75. The highest BCUT2D eigenvalue weighted by Gasteiger charge is 2.51. The first-order valence-corrected chi connectivity index (χ1v) is 12.0. The fourth-order valence-electron chi connectivity index (χ4n) is 4.89. The Labute approximate surface area is 216 Å². The molecule has 2 N–H and O–H groups in total. The lowest BCUT2D eigenvalue weighted by Gasteiger charge is -2.60. The quantitative estimate of drug-likeness (QED) is 0.511. The van der Waals surface area contributed by atoms with Crippen molar-refractivity contribution in [3.63, 3.8) is 0 Å². The van der Waals surface area contributed by atoms with Gasteiger partial charge in [-0.1, -0.05) is 0 Å². The van der Waals surface area contributed by atoms with Gasteiger partial charge < -0.3 is 14.9 Å². The lowest BCUT2D eigenvalue weighted by molar-refractivity contribution is -0.193. The van der Waals surface area contributed by atoms with Crippen molar-refractivity contribution in [1.82, 2.24) is 19.6 Å². The number of alkyl halides is 6. The molecular weight excluding hydrogens is 526 g/mol. The van der Waals surface area contributed by atoms with Gasteiger partial charge in [-0.15, -0.1) is 0 Å². The van der Waals surface area contributed by atoms with Crippen LogP contribution in [0.4, 0.5) is 26.3 Å². The number of carboxylic acid groups (broad SMARTS) is 2. The zero-order valence-electron chi connectivity index (χ0n) is 21.5. The summed E-state index contributed by atoms with van der Waals surface area (Å²) in [5.41, 5.74) is 2.87. The molecule has 1 atom stereocenters. The van der Waals surface area contributed by atoms with Crippen LogP contribution in [0.1, 0.15) is 37.1 Å². The van der Waals surface area contributed by atoms with E-state index in [1.54, 1.807) is 0 Å². The molecule has 2 aliphatic heterocycles. The van der Waals surface area contributed by atoms with Crippen molar-refractivity contribution in [2.45, 2.75) is 57.0 Å². The minimum Gasteiger partial charge on any atom is -0.475 e. The standard InChI is InChI=1S/C19H32N4O.2C2HF3O2/c1-15-8-18(21(2)20-15)11-22-13-19(14-22)9-17(12-24-3)6-7-23(19)10-16-4-5-16;2*3-2(4,5)1(6)7/h8,16-17H,4-7,9-14H2,1-3H3;2*(H,6,7). The molecule has 1 saturated carbocycles. The Hall–Kier alpha value is -2.39. The van der Waals surface area contributed by atoms with Crippen molar-refractivity contribution in [1.29, 1.82) is 0 Å². The zero-order chi connectivity index (χ0) is 28.9. The van der Waals surface area contributed by atoms with Crippen LogP contribution in [0.2, 0.25) is 0 Å². The van der Waals surface area contributed by atoms with E-state index in [1.165, 1.54) is 57.6 Å². The number of methoxy groups -OCH3 is 1. The van der Waals surface area contributed by atoms with Gasteiger partial charge in [-0.25, -0.2) is 9.59 Å². The first-order chi connectivity index (χ1) is 17.5. The van der Waals surface area contributed by atoms with Gasteiger partial charge in [0.1, 0.15) is 0 Å². The second kappa shape index (κ2) is 12.6. The maximum atomic E-state index is 10.6. The van der Waals surface area contributed by atoms with Gasteiger partial charge in [0.05, 0.1) is 11.4 Å². The number of carboxylic acids is 2. The summed E-state index contributed by atoms with van der Waals surface area (Å²) in [5, 5.41) is 18.7. The second-order valence-electron chi connectivity index (χ2n) is 10.1. The number of aliphatic carboxylic acids is 2. The third kappa shape index (κ3) is 9.42. The van der Waals surface area contributed by atoms with Crippen LogP contribution in [0.15, 0.2) is 6.07 Å². The Bertz CT molecular complexity index is 918. The minimum absolute atomic E-state index is 0.414. The third-order valence-electron chi connectivity index (χ3n) is 6.73. The number of aryl methyl sites for hydroxylation is 2. The topological polar surface area (TPSA) is 108 Å². The van der Waals surface area contributed by atoms with Gasteiger partial charge >= 0.3 is 24.3 Å². The molecule has 9 nitrogen and oxygen atoms in total. The molecule has 0 bridgehead atoms. The summed E-state index contributed by atoms with van der Waals surface area (Å²) in [6.45, 7) is 9.07. The van der Waals surface area contributed by atoms with Crippen LogP contribution >= 0.6 is 0 Å². The Balaban J connectivity index is 0.000000301. The largest absolute Gasteiger partial charge is 0.490 e. The molecule has 0 aromatic carbocycles. The Morgan fingerprint density at radius 3 is 1.97 bits per heavy atom. The molecule has 218 valence electrons. The Morgan fingerprint density at radius 2 is 1.58 bits per heavy atom. The maximum Gasteiger partial charge on any atom is 0.490 e. The van der Waals surface area contributed by atoms with Gasteiger partial charge in [0, 0.05) is 52.5 Å². The van der Waals surface area contributed by atoms with E-state index in [9.17, 15) is 26.3 Å². The van der Waals surface area contributed by atoms with Crippen LogP contribution in [0.25, 0.3) is 0 Å². The fourth-order valence-corrected chi connectivity index (χ4v) is 4.89. The minimum atomic E-state index is -5.08. The van der Waals surface area contributed by atoms with Crippen LogP contribution < -0.4 is 0 Å². The highest BCUT2D eigenvalue weighted by atomic mass is 19.4. The summed E-state index contributed by atoms with van der Waals surface area (Å²) in [6.07, 6.45) is -4.64. The Kier molecular flexibility index (Phi) is 10.6. The van der Waals surface area contributed by atoms with Crippen LogP contribution in [0.5, 0.6) is 0 Å². The number of rotatable bonds is 6. The summed E-state index contributed by atoms with van der Waals surface area (Å²) in [5.74, 6) is -3.79. The maximum absolute atomic E-state index is 10.6. The van der Waals surface area contributed by atoms with Crippen molar-refractivity contribution in [2.75, 3.05) is 39.9 Å². The van der Waals surface area contributed by atoms with E-state index in [2.05, 4.69) is 34.9 Å². The van der Waals surface area contributed by atoms with Crippen LogP contribution in [0.3, 0.4) is 0 Å². The number of halogens is 6. The average molecular weight is 561 g/mol. The molecule has 3 heterocycles. The van der Waals surface area contributed by atoms with Gasteiger partial charge in [0.25, 0.3) is 0 Å². The van der Waals surface area contributed by atoms with Gasteiger partial charge in [0.15, 0.2) is 0 Å². The van der Waals surface area contributed by atoms with Gasteiger partial charge in [0.2, 0.25) is 0 Å². The zero-order valence-corrected chi connectivity index (χ0v) is 21.5. The van der Waals surface area contributed by atoms with E-state index < -0.39 is 24.3 Å². The third-order valence-corrected chi connectivity index (χ3v) is 6.73. The molecule has 1 aliphatic carbocycles. The molecule has 0 radical (unpaired) electrons. The first kappa shape index (κ1) is 31.8. The van der Waals surface area contributed by atoms with Crippen molar-refractivity contribution in [2.24, 2.45) is 18.9 Å². The van der Waals surface area contributed by atoms with Crippen molar-refractivity contribution in [3.8, 4) is 0 Å². The molecule has 0 amide bonds. The van der Waals surface area contributed by atoms with Crippen molar-refractivity contribution >= 4 is 11.9 Å². The molecule has 2 saturated heterocycles. The number of carbonyl (C=O) groups is 2. The fraction of sp³-hybridized carbons (Fsp3) is 0.783. The number of piperidine rings is 1. The van der Waals surface area contributed by atoms with E-state index in [4.69, 9.17) is 24.5 Å². The number of nitrogens with zero attached hydrogens (tertiary/aromatic N) is 4. The highest BCUT2D eigenvalue weighted by molar-refractivity contribution is 5.73. The van der Waals surface area contributed by atoms with Gasteiger partial charge in [-0.05, 0) is 57.1 Å². The van der Waals surface area contributed by atoms with Crippen LogP contribution in [-0.2, 0) is 27.9 Å². The van der Waals surface area contributed by atoms with Crippen LogP contribution in [0, 0.1) is 18.8 Å². The number of aromatic nitrogens is 2. The molecule has 1 aromatic heterocycles. The molecule has 1 aromatic rings. The van der Waals surface area contributed by atoms with E-state index in [-0.39, 0.29) is 0 Å². The summed E-state index contributed by atoms with van der Waals surface area (Å²) in [7, 11) is 3.91. The summed E-state index contributed by atoms with van der Waals surface area (Å²) in [6, 6.07) is 2.22. The molecule has 3 fully saturated rings. The normalized spacial score (nSPS) is 21.6. The number of hydrogen-bond acceptors (Lipinski definition) is 6. The van der Waals surface area contributed by atoms with Crippen LogP contribution in [-0.4, -0.2) is 99.5 Å². The van der Waals surface area contributed by atoms with Crippen molar-refractivity contribution < 1.29 is 50.9 Å². The first-order valence-electron chi connectivity index (χ1n) is 12.0. The molecule has 4 rings (SSSR count). The Morgan fingerprint density at radius 1 is 1.05 bits per heavy atom. The second-order valence-corrected chi connectivity index (χ2v) is 10.1.